The standard InChI is InChI=1S/C29H38FN3O3/c1-20(34)28(27-17-23(30)8-10-26(27)22-12-16-35-19-22)33-14-11-25(18-33)36-15-3-2-6-24-9-7-21-5-4-13-31-29(21)32-24/h7-10,17,22,25,28H,2-6,11-16,18-19H2,1H3,(H,31,32)/t22-,25-,28-/m1/s1. The summed E-state index contributed by atoms with van der Waals surface area (Å²) in [5.41, 5.74) is 4.30. The van der Waals surface area contributed by atoms with Crippen LogP contribution in [0, 0.1) is 5.82 Å². The fourth-order valence-corrected chi connectivity index (χ4v) is 5.90. The number of Topliss-reactive ketones (excluding diaryl/α,β-unsaturated/α-hetero) is 1. The third kappa shape index (κ3) is 5.96. The van der Waals surface area contributed by atoms with Gasteiger partial charge in [0.1, 0.15) is 11.6 Å². The van der Waals surface area contributed by atoms with Gasteiger partial charge in [-0.25, -0.2) is 9.37 Å². The molecule has 0 saturated carbocycles. The molecule has 7 heteroatoms. The molecule has 2 saturated heterocycles. The highest BCUT2D eigenvalue weighted by atomic mass is 19.1. The first-order valence-electron chi connectivity index (χ1n) is 13.5. The fraction of sp³-hybridized carbons (Fsp3) is 0.586. The lowest BCUT2D eigenvalue weighted by atomic mass is 9.88. The summed E-state index contributed by atoms with van der Waals surface area (Å²) in [4.78, 5) is 19.7. The van der Waals surface area contributed by atoms with E-state index < -0.39 is 6.04 Å². The highest BCUT2D eigenvalue weighted by Gasteiger charge is 2.35. The van der Waals surface area contributed by atoms with Gasteiger partial charge in [0, 0.05) is 44.5 Å². The zero-order valence-corrected chi connectivity index (χ0v) is 21.3. The van der Waals surface area contributed by atoms with Crippen molar-refractivity contribution in [1.82, 2.24) is 9.88 Å². The first-order valence-corrected chi connectivity index (χ1v) is 13.5. The number of aryl methyl sites for hydroxylation is 2. The van der Waals surface area contributed by atoms with E-state index in [1.807, 2.05) is 6.07 Å². The van der Waals surface area contributed by atoms with E-state index in [0.717, 1.165) is 74.3 Å². The van der Waals surface area contributed by atoms with Gasteiger partial charge in [0.25, 0.3) is 0 Å². The minimum atomic E-state index is -0.436. The zero-order chi connectivity index (χ0) is 24.9. The number of aromatic nitrogens is 1. The Morgan fingerprint density at radius 3 is 3.03 bits per heavy atom. The Bertz CT molecular complexity index is 1060. The maximum atomic E-state index is 14.3. The number of fused-ring (bicyclic) bond motifs is 1. The predicted octanol–water partition coefficient (Wildman–Crippen LogP) is 4.83. The average molecular weight is 496 g/mol. The smallest absolute Gasteiger partial charge is 0.151 e. The van der Waals surface area contributed by atoms with Crippen molar-refractivity contribution < 1.29 is 18.7 Å². The molecule has 1 aromatic carbocycles. The number of hydrogen-bond donors (Lipinski definition) is 1. The van der Waals surface area contributed by atoms with Crippen LogP contribution in [0.15, 0.2) is 30.3 Å². The normalized spacial score (nSPS) is 22.8. The summed E-state index contributed by atoms with van der Waals surface area (Å²) >= 11 is 0. The molecule has 2 aromatic rings. The van der Waals surface area contributed by atoms with Crippen LogP contribution in [0.4, 0.5) is 10.2 Å². The van der Waals surface area contributed by atoms with Crippen LogP contribution in [0.5, 0.6) is 0 Å². The summed E-state index contributed by atoms with van der Waals surface area (Å²) < 4.78 is 26.1. The van der Waals surface area contributed by atoms with Crippen molar-refractivity contribution in [2.45, 2.75) is 69.9 Å². The monoisotopic (exact) mass is 495 g/mol. The first kappa shape index (κ1) is 25.3. The molecule has 0 aliphatic carbocycles. The molecule has 0 unspecified atom stereocenters. The minimum Gasteiger partial charge on any atom is -0.381 e. The number of halogens is 1. The number of ether oxygens (including phenoxy) is 2. The van der Waals surface area contributed by atoms with Gasteiger partial charge in [-0.05, 0) is 86.8 Å². The molecule has 3 aliphatic heterocycles. The van der Waals surface area contributed by atoms with Gasteiger partial charge >= 0.3 is 0 Å². The zero-order valence-electron chi connectivity index (χ0n) is 21.3. The number of nitrogens with one attached hydrogen (secondary N) is 1. The van der Waals surface area contributed by atoms with E-state index in [1.54, 1.807) is 13.0 Å². The summed E-state index contributed by atoms with van der Waals surface area (Å²) in [5.74, 6) is 1.03. The summed E-state index contributed by atoms with van der Waals surface area (Å²) in [6, 6.07) is 8.83. The molecule has 1 aromatic heterocycles. The van der Waals surface area contributed by atoms with Crippen molar-refractivity contribution in [1.29, 1.82) is 0 Å². The third-order valence-electron chi connectivity index (χ3n) is 7.77. The Kier molecular flexibility index (Phi) is 8.29. The van der Waals surface area contributed by atoms with Crippen LogP contribution in [0.2, 0.25) is 0 Å². The summed E-state index contributed by atoms with van der Waals surface area (Å²) in [6.07, 6.45) is 7.16. The molecule has 3 atom stereocenters. The Hall–Kier alpha value is -2.35. The van der Waals surface area contributed by atoms with E-state index in [1.165, 1.54) is 18.1 Å². The number of carbonyl (C=O) groups is 1. The van der Waals surface area contributed by atoms with Crippen LogP contribution in [-0.2, 0) is 27.1 Å². The molecular formula is C29H38FN3O3. The van der Waals surface area contributed by atoms with Gasteiger partial charge in [0.05, 0.1) is 18.8 Å². The molecule has 0 bridgehead atoms. The lowest BCUT2D eigenvalue weighted by Gasteiger charge is -2.29. The van der Waals surface area contributed by atoms with Crippen LogP contribution in [0.25, 0.3) is 0 Å². The van der Waals surface area contributed by atoms with Crippen molar-refractivity contribution in [2.24, 2.45) is 0 Å². The van der Waals surface area contributed by atoms with Crippen molar-refractivity contribution in [3.8, 4) is 0 Å². The van der Waals surface area contributed by atoms with E-state index >= 15 is 0 Å². The Labute approximate surface area is 213 Å². The van der Waals surface area contributed by atoms with Crippen molar-refractivity contribution in [3.63, 3.8) is 0 Å². The van der Waals surface area contributed by atoms with Crippen molar-refractivity contribution >= 4 is 11.6 Å². The van der Waals surface area contributed by atoms with Gasteiger partial charge in [-0.2, -0.15) is 0 Å². The van der Waals surface area contributed by atoms with Gasteiger partial charge in [-0.3, -0.25) is 9.69 Å². The number of pyridine rings is 1. The van der Waals surface area contributed by atoms with E-state index in [9.17, 15) is 9.18 Å². The molecule has 4 heterocycles. The number of hydrogen-bond acceptors (Lipinski definition) is 6. The number of anilines is 1. The Morgan fingerprint density at radius 1 is 1.28 bits per heavy atom. The maximum Gasteiger partial charge on any atom is 0.151 e. The summed E-state index contributed by atoms with van der Waals surface area (Å²) in [7, 11) is 0. The molecular weight excluding hydrogens is 457 g/mol. The summed E-state index contributed by atoms with van der Waals surface area (Å²) in [5, 5.41) is 3.41. The number of carbonyl (C=O) groups excluding carboxylic acids is 1. The van der Waals surface area contributed by atoms with Gasteiger partial charge in [0.2, 0.25) is 0 Å². The Balaban J connectivity index is 1.12. The topological polar surface area (TPSA) is 63.7 Å². The third-order valence-corrected chi connectivity index (χ3v) is 7.77. The molecule has 1 N–H and O–H groups in total. The van der Waals surface area contributed by atoms with Crippen LogP contribution >= 0.6 is 0 Å². The molecule has 0 spiro atoms. The number of nitrogens with zero attached hydrogens (tertiary/aromatic N) is 2. The molecule has 194 valence electrons. The van der Waals surface area contributed by atoms with E-state index in [4.69, 9.17) is 14.5 Å². The van der Waals surface area contributed by atoms with E-state index in [0.29, 0.717) is 26.4 Å². The van der Waals surface area contributed by atoms with Crippen LogP contribution in [-0.4, -0.2) is 61.2 Å². The lowest BCUT2D eigenvalue weighted by Crippen LogP contribution is -2.33. The lowest BCUT2D eigenvalue weighted by molar-refractivity contribution is -0.122. The Morgan fingerprint density at radius 2 is 2.19 bits per heavy atom. The largest absolute Gasteiger partial charge is 0.381 e. The van der Waals surface area contributed by atoms with Gasteiger partial charge in [0.15, 0.2) is 5.78 Å². The first-order chi connectivity index (χ1) is 17.6. The van der Waals surface area contributed by atoms with Crippen LogP contribution < -0.4 is 5.32 Å². The van der Waals surface area contributed by atoms with E-state index in [2.05, 4.69) is 22.3 Å². The van der Waals surface area contributed by atoms with Crippen molar-refractivity contribution in [2.75, 3.05) is 44.8 Å². The van der Waals surface area contributed by atoms with Crippen LogP contribution in [0.3, 0.4) is 0 Å². The minimum absolute atomic E-state index is 0.0495. The second kappa shape index (κ2) is 11.8. The number of ketones is 1. The SMILES string of the molecule is CC(=O)[C@H](c1cc(F)ccc1[C@@H]1CCOC1)N1CC[C@@H](OCCCCc2ccc3c(n2)NCCC3)C1. The number of rotatable bonds is 10. The second-order valence-electron chi connectivity index (χ2n) is 10.4. The quantitative estimate of drug-likeness (QED) is 0.477. The number of benzene rings is 1. The number of unbranched alkanes of at least 4 members (excludes halogenated alkanes) is 1. The molecule has 3 aliphatic rings. The van der Waals surface area contributed by atoms with E-state index in [-0.39, 0.29) is 23.6 Å². The molecule has 5 rings (SSSR count). The number of likely N-dealkylation sites (tertiary alicyclic amines) is 1. The maximum absolute atomic E-state index is 14.3. The predicted molar refractivity (Wildman–Crippen MR) is 138 cm³/mol. The average Bonchev–Trinajstić information content (AvgIpc) is 3.57. The van der Waals surface area contributed by atoms with Gasteiger partial charge in [-0.15, -0.1) is 0 Å². The molecule has 0 radical (unpaired) electrons. The molecule has 36 heavy (non-hydrogen) atoms. The van der Waals surface area contributed by atoms with Crippen LogP contribution in [0.1, 0.15) is 73.4 Å². The summed E-state index contributed by atoms with van der Waals surface area (Å²) in [6.45, 7) is 6.14. The fourth-order valence-electron chi connectivity index (χ4n) is 5.90. The molecule has 0 amide bonds. The highest BCUT2D eigenvalue weighted by molar-refractivity contribution is 5.83. The molecule has 2 fully saturated rings. The highest BCUT2D eigenvalue weighted by Crippen LogP contribution is 2.36. The second-order valence-corrected chi connectivity index (χ2v) is 10.4. The van der Waals surface area contributed by atoms with Crippen molar-refractivity contribution in [3.05, 3.63) is 58.5 Å². The van der Waals surface area contributed by atoms with Gasteiger partial charge in [-0.1, -0.05) is 12.1 Å². The van der Waals surface area contributed by atoms with Gasteiger partial charge < -0.3 is 14.8 Å². The molecule has 6 nitrogen and oxygen atoms in total.